The predicted octanol–water partition coefficient (Wildman–Crippen LogP) is 11.8. The number of benzene rings is 7. The van der Waals surface area contributed by atoms with Gasteiger partial charge >= 0.3 is 265 Å². The number of aromatic nitrogens is 1. The Labute approximate surface area is 270 Å². The Hall–Kier alpha value is -4.92. The number of hydrogen-bond donors (Lipinski definition) is 0. The zero-order valence-corrected chi connectivity index (χ0v) is 26.7. The first kappa shape index (κ1) is 25.4. The van der Waals surface area contributed by atoms with Gasteiger partial charge in [0.2, 0.25) is 0 Å². The van der Waals surface area contributed by atoms with Crippen molar-refractivity contribution in [3.63, 3.8) is 0 Å². The molecule has 0 unspecified atom stereocenters. The second kappa shape index (κ2) is 9.79. The molecule has 10 rings (SSSR count). The van der Waals surface area contributed by atoms with E-state index in [0.717, 1.165) is 0 Å². The van der Waals surface area contributed by atoms with E-state index >= 15 is 0 Å². The topological polar surface area (TPSA) is 4.93 Å². The third-order valence-electron chi connectivity index (χ3n) is 9.20. The van der Waals surface area contributed by atoms with Gasteiger partial charge in [0.05, 0.1) is 0 Å². The molecule has 3 aromatic heterocycles. The van der Waals surface area contributed by atoms with Gasteiger partial charge in [0.1, 0.15) is 0 Å². The number of thiophene rings is 1. The SMILES string of the molecule is c1ccc(-n2c3ccccc3c3cc(-c4ccc5[se]c6ccc(-c7ccc8sc9ccccc9c8c7)cc6c5c4)ccc32)cc1. The van der Waals surface area contributed by atoms with Crippen molar-refractivity contribution < 1.29 is 0 Å². The summed E-state index contributed by atoms with van der Waals surface area (Å²) in [5, 5.41) is 8.05. The van der Waals surface area contributed by atoms with Crippen LogP contribution in [0.25, 0.3) is 89.2 Å². The van der Waals surface area contributed by atoms with Crippen LogP contribution < -0.4 is 0 Å². The van der Waals surface area contributed by atoms with Crippen molar-refractivity contribution in [3.8, 4) is 27.9 Å². The molecule has 0 saturated carbocycles. The van der Waals surface area contributed by atoms with Crippen LogP contribution in [0.15, 0.2) is 152 Å². The van der Waals surface area contributed by atoms with E-state index in [2.05, 4.69) is 156 Å². The molecule has 0 saturated heterocycles. The summed E-state index contributed by atoms with van der Waals surface area (Å²) >= 11 is 2.20. The average molecular weight is 655 g/mol. The Morgan fingerprint density at radius 3 is 1.67 bits per heavy atom. The fourth-order valence-electron chi connectivity index (χ4n) is 7.05. The zero-order valence-electron chi connectivity index (χ0n) is 24.2. The van der Waals surface area contributed by atoms with Crippen LogP contribution in [-0.4, -0.2) is 19.1 Å². The van der Waals surface area contributed by atoms with Gasteiger partial charge in [-0.3, -0.25) is 0 Å². The first-order valence-electron chi connectivity index (χ1n) is 15.3. The van der Waals surface area contributed by atoms with Crippen LogP contribution in [0.5, 0.6) is 0 Å². The molecular weight excluding hydrogens is 629 g/mol. The van der Waals surface area contributed by atoms with Crippen molar-refractivity contribution in [2.24, 2.45) is 0 Å². The van der Waals surface area contributed by atoms with Gasteiger partial charge < -0.3 is 0 Å². The summed E-state index contributed by atoms with van der Waals surface area (Å²) in [5.74, 6) is 0. The van der Waals surface area contributed by atoms with Crippen molar-refractivity contribution in [2.75, 3.05) is 0 Å². The van der Waals surface area contributed by atoms with Gasteiger partial charge in [-0.25, -0.2) is 0 Å². The first-order valence-corrected chi connectivity index (χ1v) is 17.8. The molecule has 0 N–H and O–H groups in total. The summed E-state index contributed by atoms with van der Waals surface area (Å²) in [6.45, 7) is 0. The number of rotatable bonds is 3. The van der Waals surface area contributed by atoms with E-state index in [4.69, 9.17) is 0 Å². The van der Waals surface area contributed by atoms with E-state index in [1.165, 1.54) is 89.2 Å². The number of nitrogens with zero attached hydrogens (tertiary/aromatic N) is 1. The Bertz CT molecular complexity index is 2760. The minimum atomic E-state index is 0.322. The Balaban J connectivity index is 1.12. The van der Waals surface area contributed by atoms with Crippen LogP contribution in [0.4, 0.5) is 0 Å². The second-order valence-electron chi connectivity index (χ2n) is 11.8. The van der Waals surface area contributed by atoms with E-state index in [-0.39, 0.29) is 0 Å². The molecule has 10 aromatic rings. The summed E-state index contributed by atoms with van der Waals surface area (Å²) in [6, 6.07) is 56.4. The van der Waals surface area contributed by atoms with E-state index in [1.807, 2.05) is 11.3 Å². The first-order chi connectivity index (χ1) is 22.3. The molecule has 0 atom stereocenters. The Morgan fingerprint density at radius 2 is 0.911 bits per heavy atom. The van der Waals surface area contributed by atoms with Crippen molar-refractivity contribution in [1.29, 1.82) is 0 Å². The maximum atomic E-state index is 2.43. The van der Waals surface area contributed by atoms with E-state index in [9.17, 15) is 0 Å². The summed E-state index contributed by atoms with van der Waals surface area (Å²) in [7, 11) is 0. The number of fused-ring (bicyclic) bond motifs is 9. The van der Waals surface area contributed by atoms with Gasteiger partial charge in [-0.2, -0.15) is 0 Å². The molecule has 0 aliphatic carbocycles. The maximum absolute atomic E-state index is 2.43. The predicted molar refractivity (Wildman–Crippen MR) is 196 cm³/mol. The molecule has 1 nitrogen and oxygen atoms in total. The molecule has 7 aromatic carbocycles. The van der Waals surface area contributed by atoms with Crippen molar-refractivity contribution in [2.45, 2.75) is 0 Å². The molecule has 3 heteroatoms. The van der Waals surface area contributed by atoms with E-state index in [1.54, 1.807) is 0 Å². The molecular formula is C42H25NSSe. The van der Waals surface area contributed by atoms with Gasteiger partial charge in [0, 0.05) is 0 Å². The molecule has 0 aliphatic heterocycles. The quantitative estimate of drug-likeness (QED) is 0.167. The number of hydrogen-bond acceptors (Lipinski definition) is 1. The summed E-state index contributed by atoms with van der Waals surface area (Å²) in [5.41, 5.74) is 8.76. The fourth-order valence-corrected chi connectivity index (χ4v) is 10.4. The van der Waals surface area contributed by atoms with Gasteiger partial charge in [-0.05, 0) is 0 Å². The van der Waals surface area contributed by atoms with Crippen LogP contribution in [-0.2, 0) is 0 Å². The molecule has 3 heterocycles. The molecule has 45 heavy (non-hydrogen) atoms. The molecule has 0 radical (unpaired) electrons. The van der Waals surface area contributed by atoms with Crippen LogP contribution in [0.3, 0.4) is 0 Å². The summed E-state index contributed by atoms with van der Waals surface area (Å²) in [4.78, 5) is 0. The molecule has 0 fully saturated rings. The van der Waals surface area contributed by atoms with Crippen LogP contribution in [0, 0.1) is 0 Å². The van der Waals surface area contributed by atoms with Gasteiger partial charge in [-0.1, -0.05) is 6.07 Å². The fraction of sp³-hybridized carbons (Fsp3) is 0. The summed E-state index contributed by atoms with van der Waals surface area (Å²) < 4.78 is 8.03. The standard InChI is InChI=1S/C42H25NSSe/c1-2-8-30(9-3-1)43-37-12-6-4-10-31(37)33-22-26(14-18-38(33)43)28-16-20-41-35(24-28)36-25-29(17-21-42(36)45-41)27-15-19-40-34(23-27)32-11-5-7-13-39(32)44-40/h1-25H. The van der Waals surface area contributed by atoms with Crippen LogP contribution >= 0.6 is 11.3 Å². The van der Waals surface area contributed by atoms with Gasteiger partial charge in [-0.15, -0.1) is 0 Å². The Morgan fingerprint density at radius 1 is 0.378 bits per heavy atom. The molecule has 0 spiro atoms. The average Bonchev–Trinajstić information content (AvgIpc) is 3.77. The molecule has 0 bridgehead atoms. The van der Waals surface area contributed by atoms with E-state index < -0.39 is 0 Å². The van der Waals surface area contributed by atoms with Crippen molar-refractivity contribution >= 4 is 87.1 Å². The molecule has 210 valence electrons. The van der Waals surface area contributed by atoms with E-state index in [0.29, 0.717) is 14.5 Å². The van der Waals surface area contributed by atoms with Crippen molar-refractivity contribution in [1.82, 2.24) is 4.57 Å². The Kier molecular flexibility index (Phi) is 5.53. The third-order valence-corrected chi connectivity index (χ3v) is 12.8. The number of para-hydroxylation sites is 2. The van der Waals surface area contributed by atoms with Crippen molar-refractivity contribution in [3.05, 3.63) is 152 Å². The van der Waals surface area contributed by atoms with Crippen LogP contribution in [0.1, 0.15) is 0 Å². The van der Waals surface area contributed by atoms with Gasteiger partial charge in [0.15, 0.2) is 0 Å². The zero-order chi connectivity index (χ0) is 29.5. The summed E-state index contributed by atoms with van der Waals surface area (Å²) in [6.07, 6.45) is 0. The molecule has 0 amide bonds. The third kappa shape index (κ3) is 3.92. The minimum absolute atomic E-state index is 0.322. The van der Waals surface area contributed by atoms with Crippen LogP contribution in [0.2, 0.25) is 0 Å². The monoisotopic (exact) mass is 655 g/mol. The second-order valence-corrected chi connectivity index (χ2v) is 15.1. The normalized spacial score (nSPS) is 12.0. The van der Waals surface area contributed by atoms with Gasteiger partial charge in [0.25, 0.3) is 0 Å². The molecule has 0 aliphatic rings.